The van der Waals surface area contributed by atoms with E-state index in [-0.39, 0.29) is 0 Å². The zero-order valence-corrected chi connectivity index (χ0v) is 11.7. The molecule has 21 heavy (non-hydrogen) atoms. The normalized spacial score (nSPS) is 10.6. The Morgan fingerprint density at radius 2 is 2.05 bits per heavy atom. The number of aliphatic carboxylic acids is 1. The maximum absolute atomic E-state index is 10.4. The van der Waals surface area contributed by atoms with Crippen LogP contribution in [0.15, 0.2) is 42.7 Å². The highest BCUT2D eigenvalue weighted by Gasteiger charge is 2.07. The van der Waals surface area contributed by atoms with Gasteiger partial charge in [-0.2, -0.15) is 0 Å². The minimum atomic E-state index is -1.01. The lowest BCUT2D eigenvalue weighted by atomic mass is 10.3. The molecule has 1 heterocycles. The third-order valence-electron chi connectivity index (χ3n) is 2.82. The fourth-order valence-corrected chi connectivity index (χ4v) is 1.69. The number of carboxylic acids is 1. The number of hydrogen-bond donors (Lipinski definition) is 1. The molecule has 0 aliphatic rings. The van der Waals surface area contributed by atoms with Crippen LogP contribution in [0, 0.1) is 0 Å². The highest BCUT2D eigenvalue weighted by atomic mass is 16.5. The number of anilines is 2. The summed E-state index contributed by atoms with van der Waals surface area (Å²) in [5.74, 6) is 0.253. The molecular formula is C15H15N3O3. The molecule has 1 N–H and O–H groups in total. The lowest BCUT2D eigenvalue weighted by molar-refractivity contribution is -0.131. The first-order valence-electron chi connectivity index (χ1n) is 6.21. The van der Waals surface area contributed by atoms with E-state index in [1.54, 1.807) is 19.5 Å². The van der Waals surface area contributed by atoms with Crippen LogP contribution in [0.1, 0.15) is 5.56 Å². The van der Waals surface area contributed by atoms with Gasteiger partial charge in [-0.05, 0) is 18.2 Å². The van der Waals surface area contributed by atoms with Crippen LogP contribution in [0.3, 0.4) is 0 Å². The number of carboxylic acid groups (broad SMARTS) is 1. The van der Waals surface area contributed by atoms with Gasteiger partial charge in [0.05, 0.1) is 7.11 Å². The van der Waals surface area contributed by atoms with E-state index in [2.05, 4.69) is 9.97 Å². The molecule has 0 fully saturated rings. The van der Waals surface area contributed by atoms with Crippen LogP contribution in [-0.2, 0) is 4.79 Å². The Morgan fingerprint density at radius 3 is 2.67 bits per heavy atom. The van der Waals surface area contributed by atoms with Crippen molar-refractivity contribution in [2.45, 2.75) is 0 Å². The average molecular weight is 285 g/mol. The fourth-order valence-electron chi connectivity index (χ4n) is 1.69. The molecule has 108 valence electrons. The number of nitrogens with zero attached hydrogens (tertiary/aromatic N) is 3. The topological polar surface area (TPSA) is 75.5 Å². The second-order valence-electron chi connectivity index (χ2n) is 4.25. The Kier molecular flexibility index (Phi) is 4.50. The molecular weight excluding hydrogens is 270 g/mol. The number of rotatable bonds is 5. The predicted molar refractivity (Wildman–Crippen MR) is 79.8 cm³/mol. The summed E-state index contributed by atoms with van der Waals surface area (Å²) in [6.45, 7) is 0. The summed E-state index contributed by atoms with van der Waals surface area (Å²) in [5.41, 5.74) is 1.52. The molecule has 6 nitrogen and oxygen atoms in total. The smallest absolute Gasteiger partial charge is 0.328 e. The molecule has 2 aromatic rings. The van der Waals surface area contributed by atoms with E-state index in [0.717, 1.165) is 17.5 Å². The highest BCUT2D eigenvalue weighted by Crippen LogP contribution is 2.24. The van der Waals surface area contributed by atoms with Gasteiger partial charge in [-0.15, -0.1) is 0 Å². The molecule has 0 radical (unpaired) electrons. The summed E-state index contributed by atoms with van der Waals surface area (Å²) >= 11 is 0. The minimum absolute atomic E-state index is 0.510. The van der Waals surface area contributed by atoms with Gasteiger partial charge in [-0.1, -0.05) is 6.07 Å². The van der Waals surface area contributed by atoms with Crippen molar-refractivity contribution in [3.05, 3.63) is 48.3 Å². The van der Waals surface area contributed by atoms with Crippen LogP contribution in [-0.4, -0.2) is 35.2 Å². The van der Waals surface area contributed by atoms with Gasteiger partial charge < -0.3 is 14.7 Å². The number of carbonyl (C=O) groups is 1. The summed E-state index contributed by atoms with van der Waals surface area (Å²) < 4.78 is 5.18. The Bertz CT molecular complexity index is 653. The van der Waals surface area contributed by atoms with Gasteiger partial charge in [0.2, 0.25) is 5.95 Å². The van der Waals surface area contributed by atoms with E-state index >= 15 is 0 Å². The zero-order valence-electron chi connectivity index (χ0n) is 11.7. The van der Waals surface area contributed by atoms with Gasteiger partial charge >= 0.3 is 5.97 Å². The number of benzene rings is 1. The summed E-state index contributed by atoms with van der Waals surface area (Å²) in [4.78, 5) is 20.7. The van der Waals surface area contributed by atoms with Gasteiger partial charge in [0, 0.05) is 42.8 Å². The number of methoxy groups -OCH3 is 1. The summed E-state index contributed by atoms with van der Waals surface area (Å²) in [7, 11) is 3.45. The third kappa shape index (κ3) is 3.79. The lowest BCUT2D eigenvalue weighted by Crippen LogP contribution is -2.12. The molecule has 0 spiro atoms. The molecule has 0 unspecified atom stereocenters. The lowest BCUT2D eigenvalue weighted by Gasteiger charge is -2.17. The van der Waals surface area contributed by atoms with Crippen LogP contribution in [0.25, 0.3) is 6.08 Å². The molecule has 0 amide bonds. The number of hydrogen-bond acceptors (Lipinski definition) is 5. The number of aromatic nitrogens is 2. The van der Waals surface area contributed by atoms with E-state index in [0.29, 0.717) is 11.5 Å². The van der Waals surface area contributed by atoms with E-state index in [1.807, 2.05) is 36.2 Å². The van der Waals surface area contributed by atoms with Crippen molar-refractivity contribution in [3.63, 3.8) is 0 Å². The minimum Gasteiger partial charge on any atom is -0.497 e. The Hall–Kier alpha value is -2.89. The maximum Gasteiger partial charge on any atom is 0.328 e. The molecule has 1 aromatic heterocycles. The third-order valence-corrected chi connectivity index (χ3v) is 2.82. The highest BCUT2D eigenvalue weighted by molar-refractivity contribution is 5.85. The van der Waals surface area contributed by atoms with Gasteiger partial charge in [0.25, 0.3) is 0 Å². The largest absolute Gasteiger partial charge is 0.497 e. The van der Waals surface area contributed by atoms with Gasteiger partial charge in [0.1, 0.15) is 5.75 Å². The van der Waals surface area contributed by atoms with Crippen molar-refractivity contribution in [1.29, 1.82) is 0 Å². The van der Waals surface area contributed by atoms with Crippen molar-refractivity contribution in [2.24, 2.45) is 0 Å². The molecule has 0 bridgehead atoms. The Balaban J connectivity index is 2.19. The molecule has 0 atom stereocenters. The zero-order chi connectivity index (χ0) is 15.2. The van der Waals surface area contributed by atoms with Gasteiger partial charge in [-0.25, -0.2) is 14.8 Å². The van der Waals surface area contributed by atoms with E-state index in [1.165, 1.54) is 6.08 Å². The van der Waals surface area contributed by atoms with E-state index in [9.17, 15) is 4.79 Å². The first kappa shape index (κ1) is 14.5. The second-order valence-corrected chi connectivity index (χ2v) is 4.25. The Morgan fingerprint density at radius 1 is 1.33 bits per heavy atom. The van der Waals surface area contributed by atoms with Crippen LogP contribution < -0.4 is 9.64 Å². The predicted octanol–water partition coefficient (Wildman–Crippen LogP) is 2.35. The van der Waals surface area contributed by atoms with Crippen molar-refractivity contribution in [2.75, 3.05) is 19.1 Å². The maximum atomic E-state index is 10.4. The van der Waals surface area contributed by atoms with Crippen LogP contribution >= 0.6 is 0 Å². The molecule has 2 rings (SSSR count). The van der Waals surface area contributed by atoms with Crippen LogP contribution in [0.5, 0.6) is 5.75 Å². The molecule has 6 heteroatoms. The number of ether oxygens (including phenoxy) is 1. The molecule has 0 saturated heterocycles. The first-order chi connectivity index (χ1) is 10.1. The van der Waals surface area contributed by atoms with Crippen LogP contribution in [0.4, 0.5) is 11.6 Å². The summed E-state index contributed by atoms with van der Waals surface area (Å²) in [5, 5.41) is 8.57. The standard InChI is InChI=1S/C15H15N3O3/c1-18(12-4-3-5-13(8-12)21-2)15-16-9-11(10-17-15)6-7-14(19)20/h3-10H,1-2H3,(H,19,20)/b7-6+. The van der Waals surface area contributed by atoms with Crippen LogP contribution in [0.2, 0.25) is 0 Å². The van der Waals surface area contributed by atoms with Crippen molar-refractivity contribution >= 4 is 23.7 Å². The molecule has 0 aliphatic heterocycles. The summed E-state index contributed by atoms with van der Waals surface area (Å²) in [6.07, 6.45) is 5.62. The summed E-state index contributed by atoms with van der Waals surface area (Å²) in [6, 6.07) is 7.54. The van der Waals surface area contributed by atoms with E-state index < -0.39 is 5.97 Å². The second kappa shape index (κ2) is 6.51. The SMILES string of the molecule is COc1cccc(N(C)c2ncc(/C=C/C(=O)O)cn2)c1. The monoisotopic (exact) mass is 285 g/mol. The Labute approximate surface area is 122 Å². The quantitative estimate of drug-likeness (QED) is 0.850. The van der Waals surface area contributed by atoms with E-state index in [4.69, 9.17) is 9.84 Å². The van der Waals surface area contributed by atoms with Crippen molar-refractivity contribution in [1.82, 2.24) is 9.97 Å². The van der Waals surface area contributed by atoms with Crippen molar-refractivity contribution < 1.29 is 14.6 Å². The van der Waals surface area contributed by atoms with Crippen molar-refractivity contribution in [3.8, 4) is 5.75 Å². The molecule has 1 aromatic carbocycles. The molecule has 0 aliphatic carbocycles. The average Bonchev–Trinajstić information content (AvgIpc) is 2.52. The van der Waals surface area contributed by atoms with Gasteiger partial charge in [-0.3, -0.25) is 0 Å². The van der Waals surface area contributed by atoms with Gasteiger partial charge in [0.15, 0.2) is 0 Å². The molecule has 0 saturated carbocycles. The fraction of sp³-hybridized carbons (Fsp3) is 0.133. The first-order valence-corrected chi connectivity index (χ1v) is 6.21.